The fraction of sp³-hybridized carbons (Fsp3) is 0.333. The van der Waals surface area contributed by atoms with Gasteiger partial charge >= 0.3 is 6.18 Å². The molecule has 3 rings (SSSR count). The Labute approximate surface area is 215 Å². The second kappa shape index (κ2) is 13.9. The van der Waals surface area contributed by atoms with Gasteiger partial charge in [0.2, 0.25) is 0 Å². The Morgan fingerprint density at radius 2 is 1.64 bits per heavy atom. The van der Waals surface area contributed by atoms with Crippen molar-refractivity contribution < 1.29 is 13.2 Å². The predicted octanol–water partition coefficient (Wildman–Crippen LogP) is 10.6. The average molecular weight is 493 g/mol. The first-order valence-corrected chi connectivity index (χ1v) is 12.7. The molecule has 0 N–H and O–H groups in total. The molecule has 1 aliphatic rings. The lowest BCUT2D eigenvalue weighted by molar-refractivity contribution is -0.137. The number of alkyl halides is 3. The monoisotopic (exact) mass is 492 g/mol. The van der Waals surface area contributed by atoms with Crippen LogP contribution in [-0.2, 0) is 12.6 Å². The molecule has 0 atom stereocenters. The number of hydrogen-bond acceptors (Lipinski definition) is 0. The highest BCUT2D eigenvalue weighted by Crippen LogP contribution is 2.38. The largest absolute Gasteiger partial charge is 0.416 e. The summed E-state index contributed by atoms with van der Waals surface area (Å²) in [6.07, 6.45) is 8.76. The van der Waals surface area contributed by atoms with E-state index >= 15 is 0 Å². The van der Waals surface area contributed by atoms with Crippen LogP contribution in [0.1, 0.15) is 75.1 Å². The first-order chi connectivity index (χ1) is 17.1. The molecular weight excluding hydrogens is 453 g/mol. The Morgan fingerprint density at radius 3 is 2.22 bits per heavy atom. The lowest BCUT2D eigenvalue weighted by Crippen LogP contribution is -2.04. The minimum Gasteiger partial charge on any atom is -0.166 e. The lowest BCUT2D eigenvalue weighted by atomic mass is 9.94. The van der Waals surface area contributed by atoms with Crippen molar-refractivity contribution >= 4 is 5.57 Å². The molecule has 36 heavy (non-hydrogen) atoms. The predicted molar refractivity (Wildman–Crippen MR) is 149 cm³/mol. The molecule has 0 aliphatic heterocycles. The third-order valence-corrected chi connectivity index (χ3v) is 6.50. The molecule has 0 nitrogen and oxygen atoms in total. The molecule has 0 amide bonds. The highest BCUT2D eigenvalue weighted by atomic mass is 19.4. The van der Waals surface area contributed by atoms with Gasteiger partial charge in [-0.25, -0.2) is 0 Å². The highest BCUT2D eigenvalue weighted by molar-refractivity contribution is 5.76. The molecule has 2 aromatic rings. The van der Waals surface area contributed by atoms with Crippen LogP contribution < -0.4 is 0 Å². The number of rotatable bonds is 8. The lowest BCUT2D eigenvalue weighted by Gasteiger charge is -2.11. The SMILES string of the molecule is C=C(/C=C\C=C(/C)C1=C(c2ccccc2C)CCC1)C(=C)CCC.CCc1ccc(C(F)(F)F)cc1. The van der Waals surface area contributed by atoms with Gasteiger partial charge in [-0.2, -0.15) is 13.2 Å². The van der Waals surface area contributed by atoms with Gasteiger partial charge < -0.3 is 0 Å². The smallest absolute Gasteiger partial charge is 0.166 e. The van der Waals surface area contributed by atoms with Crippen LogP contribution in [0, 0.1) is 6.92 Å². The maximum Gasteiger partial charge on any atom is 0.416 e. The molecule has 1 aliphatic carbocycles. The molecule has 0 spiro atoms. The molecule has 0 bridgehead atoms. The minimum atomic E-state index is -4.22. The van der Waals surface area contributed by atoms with E-state index in [4.69, 9.17) is 0 Å². The number of aryl methyl sites for hydroxylation is 2. The summed E-state index contributed by atoms with van der Waals surface area (Å²) in [7, 11) is 0. The van der Waals surface area contributed by atoms with Crippen molar-refractivity contribution in [2.75, 3.05) is 0 Å². The highest BCUT2D eigenvalue weighted by Gasteiger charge is 2.29. The molecule has 0 saturated heterocycles. The summed E-state index contributed by atoms with van der Waals surface area (Å²) in [5.41, 5.74) is 9.73. The first-order valence-electron chi connectivity index (χ1n) is 12.7. The van der Waals surface area contributed by atoms with Crippen molar-refractivity contribution in [2.24, 2.45) is 0 Å². The van der Waals surface area contributed by atoms with Crippen LogP contribution in [0.15, 0.2) is 102 Å². The summed E-state index contributed by atoms with van der Waals surface area (Å²) in [6.45, 7) is 16.7. The minimum absolute atomic E-state index is 0.584. The molecule has 0 saturated carbocycles. The molecule has 0 radical (unpaired) electrons. The van der Waals surface area contributed by atoms with Gasteiger partial charge in [-0.1, -0.05) is 88.1 Å². The quantitative estimate of drug-likeness (QED) is 0.321. The van der Waals surface area contributed by atoms with Crippen molar-refractivity contribution in [3.05, 3.63) is 124 Å². The van der Waals surface area contributed by atoms with E-state index in [9.17, 15) is 13.2 Å². The van der Waals surface area contributed by atoms with E-state index < -0.39 is 11.7 Å². The average Bonchev–Trinajstić information content (AvgIpc) is 3.34. The van der Waals surface area contributed by atoms with E-state index in [1.54, 1.807) is 0 Å². The van der Waals surface area contributed by atoms with E-state index in [0.29, 0.717) is 0 Å². The molecule has 0 heterocycles. The topological polar surface area (TPSA) is 0 Å². The molecule has 0 fully saturated rings. The van der Waals surface area contributed by atoms with Gasteiger partial charge in [0.15, 0.2) is 0 Å². The first kappa shape index (κ1) is 29.2. The van der Waals surface area contributed by atoms with Gasteiger partial charge in [0.05, 0.1) is 5.56 Å². The third-order valence-electron chi connectivity index (χ3n) is 6.50. The summed E-state index contributed by atoms with van der Waals surface area (Å²) >= 11 is 0. The molecule has 0 unspecified atom stereocenters. The fourth-order valence-electron chi connectivity index (χ4n) is 4.31. The van der Waals surface area contributed by atoms with Crippen LogP contribution in [0.3, 0.4) is 0 Å². The number of benzene rings is 2. The summed E-state index contributed by atoms with van der Waals surface area (Å²) in [6, 6.07) is 14.0. The number of allylic oxidation sites excluding steroid dienone is 8. The second-order valence-corrected chi connectivity index (χ2v) is 9.26. The van der Waals surface area contributed by atoms with Crippen LogP contribution in [-0.4, -0.2) is 0 Å². The number of hydrogen-bond donors (Lipinski definition) is 0. The Hall–Kier alpha value is -3.07. The van der Waals surface area contributed by atoms with Crippen molar-refractivity contribution in [2.45, 2.75) is 72.4 Å². The van der Waals surface area contributed by atoms with E-state index in [0.717, 1.165) is 48.1 Å². The van der Waals surface area contributed by atoms with Crippen molar-refractivity contribution in [1.82, 2.24) is 0 Å². The molecule has 2 aromatic carbocycles. The van der Waals surface area contributed by atoms with E-state index in [1.165, 1.54) is 59.2 Å². The summed E-state index contributed by atoms with van der Waals surface area (Å²) in [5.74, 6) is 0. The number of halogens is 3. The maximum atomic E-state index is 12.0. The van der Waals surface area contributed by atoms with Gasteiger partial charge in [0, 0.05) is 0 Å². The van der Waals surface area contributed by atoms with Gasteiger partial charge in [-0.15, -0.1) is 0 Å². The normalized spacial score (nSPS) is 14.1. The Bertz CT molecular complexity index is 1120. The molecule has 0 aromatic heterocycles. The molecule has 3 heteroatoms. The van der Waals surface area contributed by atoms with Crippen molar-refractivity contribution in [3.8, 4) is 0 Å². The molecule has 192 valence electrons. The van der Waals surface area contributed by atoms with Gasteiger partial charge in [-0.3, -0.25) is 0 Å². The van der Waals surface area contributed by atoms with Crippen molar-refractivity contribution in [3.63, 3.8) is 0 Å². The Kier molecular flexibility index (Phi) is 11.2. The second-order valence-electron chi connectivity index (χ2n) is 9.26. The Balaban J connectivity index is 0.000000319. The fourth-order valence-corrected chi connectivity index (χ4v) is 4.31. The van der Waals surface area contributed by atoms with Gasteiger partial charge in [0.25, 0.3) is 0 Å². The Morgan fingerprint density at radius 1 is 0.972 bits per heavy atom. The van der Waals surface area contributed by atoms with Crippen molar-refractivity contribution in [1.29, 1.82) is 0 Å². The summed E-state index contributed by atoms with van der Waals surface area (Å²) in [4.78, 5) is 0. The maximum absolute atomic E-state index is 12.0. The van der Waals surface area contributed by atoms with Crippen LogP contribution in [0.4, 0.5) is 13.2 Å². The van der Waals surface area contributed by atoms with Gasteiger partial charge in [0.1, 0.15) is 0 Å². The van der Waals surface area contributed by atoms with E-state index in [2.05, 4.69) is 76.4 Å². The third kappa shape index (κ3) is 8.55. The van der Waals surface area contributed by atoms with Crippen LogP contribution >= 0.6 is 0 Å². The van der Waals surface area contributed by atoms with E-state index in [1.807, 2.05) is 6.92 Å². The zero-order chi connectivity index (χ0) is 26.7. The molecular formula is C33H39F3. The van der Waals surface area contributed by atoms with Crippen LogP contribution in [0.25, 0.3) is 5.57 Å². The zero-order valence-corrected chi connectivity index (χ0v) is 22.1. The van der Waals surface area contributed by atoms with Crippen LogP contribution in [0.2, 0.25) is 0 Å². The summed E-state index contributed by atoms with van der Waals surface area (Å²) < 4.78 is 36.1. The standard InChI is InChI=1S/C24H30.C9H9F3/c1-6-11-18(2)19(3)13-9-14-21(5)23-16-10-17-24(23)22-15-8-7-12-20(22)4;1-2-7-3-5-8(6-4-7)9(10,11)12/h7-9,12-15H,2-3,6,10-11,16-17H2,1,4-5H3;3-6H,2H2,1H3/b13-9-,21-14+;. The van der Waals surface area contributed by atoms with Gasteiger partial charge in [-0.05, 0) is 103 Å². The zero-order valence-electron chi connectivity index (χ0n) is 22.1. The van der Waals surface area contributed by atoms with Crippen LogP contribution in [0.5, 0.6) is 0 Å². The van der Waals surface area contributed by atoms with E-state index in [-0.39, 0.29) is 0 Å². The summed E-state index contributed by atoms with van der Waals surface area (Å²) in [5, 5.41) is 0.